The number of hydrogen-bond donors (Lipinski definition) is 0. The lowest BCUT2D eigenvalue weighted by atomic mass is 10.0. The smallest absolute Gasteiger partial charge is 0.374 e. The van der Waals surface area contributed by atoms with E-state index in [2.05, 4.69) is 15.5 Å². The maximum absolute atomic E-state index is 13.3. The number of carbonyl (C=O) groups is 2. The van der Waals surface area contributed by atoms with Gasteiger partial charge in [-0.3, -0.25) is 4.79 Å². The Hall–Kier alpha value is -3.58. The number of aromatic nitrogens is 4. The summed E-state index contributed by atoms with van der Waals surface area (Å²) in [4.78, 5) is 26.7. The molecule has 3 heterocycles. The fourth-order valence-corrected chi connectivity index (χ4v) is 5.03. The van der Waals surface area contributed by atoms with Gasteiger partial charge in [0.05, 0.1) is 6.61 Å². The van der Waals surface area contributed by atoms with E-state index in [1.165, 1.54) is 27.4 Å². The van der Waals surface area contributed by atoms with Gasteiger partial charge in [-0.2, -0.15) is 4.31 Å². The van der Waals surface area contributed by atoms with Crippen LogP contribution >= 0.6 is 0 Å². The molecule has 0 spiro atoms. The number of sulfonamides is 1. The summed E-state index contributed by atoms with van der Waals surface area (Å²) in [6.07, 6.45) is 1.79. The van der Waals surface area contributed by atoms with Crippen LogP contribution in [0.5, 0.6) is 0 Å². The highest BCUT2D eigenvalue weighted by Crippen LogP contribution is 2.23. The first-order valence-corrected chi connectivity index (χ1v) is 12.2. The predicted octanol–water partition coefficient (Wildman–Crippen LogP) is 0.760. The molecule has 1 amide bonds. The lowest BCUT2D eigenvalue weighted by Crippen LogP contribution is -2.52. The van der Waals surface area contributed by atoms with Crippen LogP contribution in [0.4, 0.5) is 0 Å². The molecule has 12 nitrogen and oxygen atoms in total. The maximum atomic E-state index is 13.3. The number of hydrogen-bond acceptors (Lipinski definition) is 9. The van der Waals surface area contributed by atoms with Crippen molar-refractivity contribution in [2.45, 2.75) is 24.5 Å². The number of rotatable bonds is 8. The highest BCUT2D eigenvalue weighted by molar-refractivity contribution is 7.89. The third-order valence-electron chi connectivity index (χ3n) is 5.44. The van der Waals surface area contributed by atoms with Crippen molar-refractivity contribution in [3.05, 3.63) is 60.1 Å². The van der Waals surface area contributed by atoms with E-state index >= 15 is 0 Å². The number of ether oxygens (including phenoxy) is 1. The Morgan fingerprint density at radius 1 is 1.09 bits per heavy atom. The van der Waals surface area contributed by atoms with Crippen molar-refractivity contribution in [3.63, 3.8) is 0 Å². The molecule has 1 unspecified atom stereocenters. The van der Waals surface area contributed by atoms with Crippen LogP contribution < -0.4 is 0 Å². The van der Waals surface area contributed by atoms with E-state index in [1.54, 1.807) is 11.8 Å². The third-order valence-corrected chi connectivity index (χ3v) is 7.22. The van der Waals surface area contributed by atoms with Crippen LogP contribution in [0.15, 0.2) is 58.3 Å². The number of tetrazole rings is 1. The molecule has 1 fully saturated rings. The number of nitrogens with zero attached hydrogens (tertiary/aromatic N) is 6. The Morgan fingerprint density at radius 3 is 2.47 bits per heavy atom. The summed E-state index contributed by atoms with van der Waals surface area (Å²) < 4.78 is 38.6. The summed E-state index contributed by atoms with van der Waals surface area (Å²) in [6.45, 7) is 2.33. The van der Waals surface area contributed by atoms with Crippen LogP contribution in [0.25, 0.3) is 0 Å². The van der Waals surface area contributed by atoms with Crippen LogP contribution in [0.1, 0.15) is 29.1 Å². The lowest BCUT2D eigenvalue weighted by molar-refractivity contribution is -0.136. The van der Waals surface area contributed by atoms with E-state index in [0.29, 0.717) is 6.42 Å². The van der Waals surface area contributed by atoms with Crippen LogP contribution in [-0.2, 0) is 26.0 Å². The SMILES string of the molecule is CCOC(=O)c1ccc(S(=O)(=O)N2CCN(C(=O)C(Cc3ccccc3)n3cnnn3)CC2)o1. The van der Waals surface area contributed by atoms with E-state index in [4.69, 9.17) is 9.15 Å². The van der Waals surface area contributed by atoms with E-state index in [1.807, 2.05) is 30.3 Å². The predicted molar refractivity (Wildman–Crippen MR) is 117 cm³/mol. The highest BCUT2D eigenvalue weighted by Gasteiger charge is 2.35. The van der Waals surface area contributed by atoms with Crippen LogP contribution in [0.2, 0.25) is 0 Å². The number of piperazine rings is 1. The molecule has 1 atom stereocenters. The average molecular weight is 489 g/mol. The molecule has 13 heteroatoms. The number of furan rings is 1. The van der Waals surface area contributed by atoms with Crippen molar-refractivity contribution in [1.29, 1.82) is 0 Å². The zero-order chi connectivity index (χ0) is 24.1. The number of esters is 1. The molecule has 0 aliphatic carbocycles. The molecule has 4 rings (SSSR count). The molecule has 3 aromatic rings. The monoisotopic (exact) mass is 488 g/mol. The van der Waals surface area contributed by atoms with Gasteiger partial charge in [0, 0.05) is 32.6 Å². The largest absolute Gasteiger partial charge is 0.460 e. The van der Waals surface area contributed by atoms with Gasteiger partial charge in [0.15, 0.2) is 0 Å². The van der Waals surface area contributed by atoms with E-state index in [9.17, 15) is 18.0 Å². The van der Waals surface area contributed by atoms with Gasteiger partial charge in [0.25, 0.3) is 10.0 Å². The maximum Gasteiger partial charge on any atom is 0.374 e. The number of carbonyl (C=O) groups excluding carboxylic acids is 2. The average Bonchev–Trinajstić information content (AvgIpc) is 3.56. The van der Waals surface area contributed by atoms with Crippen molar-refractivity contribution >= 4 is 21.9 Å². The van der Waals surface area contributed by atoms with E-state index < -0.39 is 22.0 Å². The molecular weight excluding hydrogens is 464 g/mol. The Labute approximate surface area is 196 Å². The first-order valence-electron chi connectivity index (χ1n) is 10.7. The van der Waals surface area contributed by atoms with Crippen molar-refractivity contribution in [2.24, 2.45) is 0 Å². The fourth-order valence-electron chi connectivity index (χ4n) is 3.70. The molecule has 0 saturated carbocycles. The van der Waals surface area contributed by atoms with Gasteiger partial charge in [-0.1, -0.05) is 30.3 Å². The van der Waals surface area contributed by atoms with Crippen molar-refractivity contribution in [1.82, 2.24) is 29.4 Å². The van der Waals surface area contributed by atoms with Gasteiger partial charge in [-0.25, -0.2) is 17.9 Å². The molecule has 0 N–H and O–H groups in total. The quantitative estimate of drug-likeness (QED) is 0.420. The Bertz CT molecular complexity index is 1220. The Kier molecular flexibility index (Phi) is 7.03. The second-order valence-corrected chi connectivity index (χ2v) is 9.43. The van der Waals surface area contributed by atoms with Crippen molar-refractivity contribution in [3.8, 4) is 0 Å². The molecular formula is C21H24N6O6S. The fraction of sp³-hybridized carbons (Fsp3) is 0.381. The minimum Gasteiger partial charge on any atom is -0.460 e. The Morgan fingerprint density at radius 2 is 1.82 bits per heavy atom. The number of benzene rings is 1. The van der Waals surface area contributed by atoms with Gasteiger partial charge in [0.1, 0.15) is 12.4 Å². The van der Waals surface area contributed by atoms with Gasteiger partial charge in [-0.05, 0) is 35.0 Å². The van der Waals surface area contributed by atoms with Gasteiger partial charge < -0.3 is 14.1 Å². The summed E-state index contributed by atoms with van der Waals surface area (Å²) in [5.41, 5.74) is 0.952. The highest BCUT2D eigenvalue weighted by atomic mass is 32.2. The second-order valence-electron chi connectivity index (χ2n) is 7.56. The van der Waals surface area contributed by atoms with Crippen LogP contribution in [0.3, 0.4) is 0 Å². The summed E-state index contributed by atoms with van der Waals surface area (Å²) in [5, 5.41) is 10.9. The minimum atomic E-state index is -3.97. The van der Waals surface area contributed by atoms with E-state index in [0.717, 1.165) is 5.56 Å². The first-order chi connectivity index (χ1) is 16.4. The normalized spacial score (nSPS) is 15.7. The van der Waals surface area contributed by atoms with Crippen molar-refractivity contribution in [2.75, 3.05) is 32.8 Å². The second kappa shape index (κ2) is 10.1. The number of amides is 1. The minimum absolute atomic E-state index is 0.0805. The van der Waals surface area contributed by atoms with Crippen LogP contribution in [0, 0.1) is 0 Å². The van der Waals surface area contributed by atoms with Gasteiger partial charge >= 0.3 is 5.97 Å². The molecule has 0 radical (unpaired) electrons. The molecule has 0 bridgehead atoms. The zero-order valence-electron chi connectivity index (χ0n) is 18.5. The molecule has 1 aliphatic heterocycles. The molecule has 180 valence electrons. The van der Waals surface area contributed by atoms with Gasteiger partial charge in [-0.15, -0.1) is 5.10 Å². The lowest BCUT2D eigenvalue weighted by Gasteiger charge is -2.35. The van der Waals surface area contributed by atoms with Gasteiger partial charge in [0.2, 0.25) is 16.8 Å². The summed E-state index contributed by atoms with van der Waals surface area (Å²) in [6, 6.07) is 11.4. The molecule has 2 aromatic heterocycles. The summed E-state index contributed by atoms with van der Waals surface area (Å²) in [7, 11) is -3.97. The van der Waals surface area contributed by atoms with Crippen LogP contribution in [-0.4, -0.2) is 82.5 Å². The van der Waals surface area contributed by atoms with Crippen molar-refractivity contribution < 1.29 is 27.2 Å². The first kappa shape index (κ1) is 23.6. The molecule has 34 heavy (non-hydrogen) atoms. The van der Waals surface area contributed by atoms with E-state index in [-0.39, 0.29) is 49.5 Å². The summed E-state index contributed by atoms with van der Waals surface area (Å²) in [5.74, 6) is -1.11. The standard InChI is InChI=1S/C21H24N6O6S/c1-2-32-21(29)18-8-9-19(33-18)34(30,31)26-12-10-25(11-13-26)20(28)17(27-15-22-23-24-27)14-16-6-4-3-5-7-16/h3-9,15,17H,2,10-14H2,1H3. The third kappa shape index (κ3) is 4.99. The Balaban J connectivity index is 1.44. The molecule has 1 aliphatic rings. The zero-order valence-corrected chi connectivity index (χ0v) is 19.3. The summed E-state index contributed by atoms with van der Waals surface area (Å²) >= 11 is 0. The molecule has 1 saturated heterocycles. The molecule has 1 aromatic carbocycles. The topological polar surface area (TPSA) is 141 Å².